The highest BCUT2D eigenvalue weighted by Crippen LogP contribution is 2.37. The SMILES string of the molecule is CCNC(=O)COc1ncnc2scc(-c3ccc(C)cc3)c12. The molecule has 2 heterocycles. The number of fused-ring (bicyclic) bond motifs is 1. The van der Waals surface area contributed by atoms with Gasteiger partial charge in [-0.15, -0.1) is 11.3 Å². The highest BCUT2D eigenvalue weighted by Gasteiger charge is 2.15. The quantitative estimate of drug-likeness (QED) is 0.782. The molecule has 0 bridgehead atoms. The highest BCUT2D eigenvalue weighted by atomic mass is 32.1. The molecule has 5 nitrogen and oxygen atoms in total. The number of aryl methyl sites for hydroxylation is 1. The number of nitrogens with one attached hydrogen (secondary N) is 1. The number of ether oxygens (including phenoxy) is 1. The predicted molar refractivity (Wildman–Crippen MR) is 91.8 cm³/mol. The van der Waals surface area contributed by atoms with Crippen molar-refractivity contribution in [2.45, 2.75) is 13.8 Å². The number of hydrogen-bond donors (Lipinski definition) is 1. The van der Waals surface area contributed by atoms with Gasteiger partial charge in [0.05, 0.1) is 5.39 Å². The van der Waals surface area contributed by atoms with Crippen LogP contribution in [0.15, 0.2) is 36.0 Å². The van der Waals surface area contributed by atoms with Gasteiger partial charge in [-0.05, 0) is 19.4 Å². The number of rotatable bonds is 5. The van der Waals surface area contributed by atoms with Crippen LogP contribution in [-0.4, -0.2) is 29.0 Å². The maximum Gasteiger partial charge on any atom is 0.257 e. The summed E-state index contributed by atoms with van der Waals surface area (Å²) in [5.74, 6) is 0.282. The smallest absolute Gasteiger partial charge is 0.257 e. The molecule has 1 aromatic carbocycles. The van der Waals surface area contributed by atoms with Crippen molar-refractivity contribution >= 4 is 27.5 Å². The van der Waals surface area contributed by atoms with Gasteiger partial charge in [-0.25, -0.2) is 9.97 Å². The molecule has 0 unspecified atom stereocenters. The Morgan fingerprint density at radius 2 is 2.04 bits per heavy atom. The monoisotopic (exact) mass is 327 g/mol. The van der Waals surface area contributed by atoms with Gasteiger partial charge in [0.15, 0.2) is 6.61 Å². The molecule has 1 N–H and O–H groups in total. The molecule has 3 rings (SSSR count). The molecule has 0 fully saturated rings. The number of hydrogen-bond acceptors (Lipinski definition) is 5. The maximum atomic E-state index is 11.6. The van der Waals surface area contributed by atoms with Gasteiger partial charge in [0.1, 0.15) is 11.2 Å². The molecule has 0 saturated carbocycles. The van der Waals surface area contributed by atoms with E-state index in [0.29, 0.717) is 12.4 Å². The molecule has 0 atom stereocenters. The van der Waals surface area contributed by atoms with Crippen molar-refractivity contribution in [2.75, 3.05) is 13.2 Å². The van der Waals surface area contributed by atoms with Gasteiger partial charge < -0.3 is 10.1 Å². The summed E-state index contributed by atoms with van der Waals surface area (Å²) in [5.41, 5.74) is 3.31. The summed E-state index contributed by atoms with van der Waals surface area (Å²) in [5, 5.41) is 5.60. The standard InChI is InChI=1S/C17H17N3O2S/c1-3-18-14(21)8-22-16-15-13(9-23-17(15)20-10-19-16)12-6-4-11(2)5-7-12/h4-7,9-10H,3,8H2,1-2H3,(H,18,21). The number of benzene rings is 1. The topological polar surface area (TPSA) is 64.1 Å². The second-order valence-corrected chi connectivity index (χ2v) is 5.97. The third kappa shape index (κ3) is 3.32. The molecule has 0 aliphatic carbocycles. The average Bonchev–Trinajstić information content (AvgIpc) is 2.98. The zero-order chi connectivity index (χ0) is 16.2. The minimum absolute atomic E-state index is 0.0524. The Morgan fingerprint density at radius 1 is 1.26 bits per heavy atom. The average molecular weight is 327 g/mol. The number of amides is 1. The Morgan fingerprint density at radius 3 is 2.78 bits per heavy atom. The van der Waals surface area contributed by atoms with Gasteiger partial charge in [0, 0.05) is 17.5 Å². The van der Waals surface area contributed by atoms with E-state index in [2.05, 4.69) is 46.5 Å². The third-order valence-electron chi connectivity index (χ3n) is 3.41. The molecule has 2 aromatic heterocycles. The molecule has 3 aromatic rings. The minimum Gasteiger partial charge on any atom is -0.467 e. The van der Waals surface area contributed by atoms with Crippen LogP contribution >= 0.6 is 11.3 Å². The van der Waals surface area contributed by atoms with Crippen molar-refractivity contribution in [3.8, 4) is 17.0 Å². The van der Waals surface area contributed by atoms with E-state index in [1.54, 1.807) is 0 Å². The van der Waals surface area contributed by atoms with Crippen molar-refractivity contribution in [1.82, 2.24) is 15.3 Å². The lowest BCUT2D eigenvalue weighted by Crippen LogP contribution is -2.28. The predicted octanol–water partition coefficient (Wildman–Crippen LogP) is 3.18. The van der Waals surface area contributed by atoms with Gasteiger partial charge in [0.25, 0.3) is 5.91 Å². The van der Waals surface area contributed by atoms with Crippen LogP contribution in [0.25, 0.3) is 21.3 Å². The second kappa shape index (κ2) is 6.75. The highest BCUT2D eigenvalue weighted by molar-refractivity contribution is 7.17. The summed E-state index contributed by atoms with van der Waals surface area (Å²) in [6.45, 7) is 4.45. The summed E-state index contributed by atoms with van der Waals surface area (Å²) < 4.78 is 5.62. The first-order valence-corrected chi connectivity index (χ1v) is 8.25. The molecule has 0 saturated heterocycles. The maximum absolute atomic E-state index is 11.6. The first-order chi connectivity index (χ1) is 11.2. The van der Waals surface area contributed by atoms with Gasteiger partial charge in [0.2, 0.25) is 5.88 Å². The van der Waals surface area contributed by atoms with E-state index in [1.807, 2.05) is 12.3 Å². The normalized spacial score (nSPS) is 10.7. The van der Waals surface area contributed by atoms with E-state index in [4.69, 9.17) is 4.74 Å². The van der Waals surface area contributed by atoms with Crippen LogP contribution in [0.4, 0.5) is 0 Å². The molecule has 6 heteroatoms. The van der Waals surface area contributed by atoms with Crippen LogP contribution in [-0.2, 0) is 4.79 Å². The van der Waals surface area contributed by atoms with Crippen LogP contribution in [0.1, 0.15) is 12.5 Å². The molecule has 23 heavy (non-hydrogen) atoms. The Labute approximate surface area is 138 Å². The minimum atomic E-state index is -0.161. The molecule has 0 aliphatic heterocycles. The van der Waals surface area contributed by atoms with Crippen LogP contribution in [0.2, 0.25) is 0 Å². The third-order valence-corrected chi connectivity index (χ3v) is 4.30. The van der Waals surface area contributed by atoms with Crippen LogP contribution in [0.3, 0.4) is 0 Å². The van der Waals surface area contributed by atoms with E-state index in [1.165, 1.54) is 23.2 Å². The van der Waals surface area contributed by atoms with Crippen LogP contribution in [0, 0.1) is 6.92 Å². The number of carbonyl (C=O) groups excluding carboxylic acids is 1. The van der Waals surface area contributed by atoms with E-state index in [9.17, 15) is 4.79 Å². The van der Waals surface area contributed by atoms with E-state index >= 15 is 0 Å². The fourth-order valence-electron chi connectivity index (χ4n) is 2.28. The lowest BCUT2D eigenvalue weighted by Gasteiger charge is -2.08. The fraction of sp³-hybridized carbons (Fsp3) is 0.235. The van der Waals surface area contributed by atoms with Gasteiger partial charge >= 0.3 is 0 Å². The molecule has 0 aliphatic rings. The first-order valence-electron chi connectivity index (χ1n) is 7.37. The van der Waals surface area contributed by atoms with Crippen molar-refractivity contribution < 1.29 is 9.53 Å². The van der Waals surface area contributed by atoms with E-state index in [-0.39, 0.29) is 12.5 Å². The van der Waals surface area contributed by atoms with E-state index in [0.717, 1.165) is 21.3 Å². The Kier molecular flexibility index (Phi) is 4.52. The van der Waals surface area contributed by atoms with Crippen molar-refractivity contribution in [3.63, 3.8) is 0 Å². The van der Waals surface area contributed by atoms with Gasteiger partial charge in [-0.3, -0.25) is 4.79 Å². The molecule has 1 amide bonds. The molecule has 0 radical (unpaired) electrons. The lowest BCUT2D eigenvalue weighted by molar-refractivity contribution is -0.123. The molecule has 118 valence electrons. The number of likely N-dealkylation sites (N-methyl/N-ethyl adjacent to an activating group) is 1. The molecular weight excluding hydrogens is 310 g/mol. The Hall–Kier alpha value is -2.47. The summed E-state index contributed by atoms with van der Waals surface area (Å²) in [6.07, 6.45) is 1.46. The summed E-state index contributed by atoms with van der Waals surface area (Å²) in [4.78, 5) is 21.0. The summed E-state index contributed by atoms with van der Waals surface area (Å²) in [6, 6.07) is 8.27. The van der Waals surface area contributed by atoms with Crippen molar-refractivity contribution in [2.24, 2.45) is 0 Å². The summed E-state index contributed by atoms with van der Waals surface area (Å²) in [7, 11) is 0. The Bertz CT molecular complexity index is 827. The number of nitrogens with zero attached hydrogens (tertiary/aromatic N) is 2. The first kappa shape index (κ1) is 15.4. The zero-order valence-corrected chi connectivity index (χ0v) is 13.8. The van der Waals surface area contributed by atoms with Crippen LogP contribution in [0.5, 0.6) is 5.88 Å². The summed E-state index contributed by atoms with van der Waals surface area (Å²) >= 11 is 1.54. The Balaban J connectivity index is 1.97. The number of aromatic nitrogens is 2. The zero-order valence-electron chi connectivity index (χ0n) is 13.0. The van der Waals surface area contributed by atoms with Crippen LogP contribution < -0.4 is 10.1 Å². The number of thiophene rings is 1. The van der Waals surface area contributed by atoms with E-state index < -0.39 is 0 Å². The van der Waals surface area contributed by atoms with Gasteiger partial charge in [-0.1, -0.05) is 29.8 Å². The molecular formula is C17H17N3O2S. The fourth-order valence-corrected chi connectivity index (χ4v) is 3.19. The second-order valence-electron chi connectivity index (χ2n) is 5.12. The molecule has 0 spiro atoms. The van der Waals surface area contributed by atoms with Gasteiger partial charge in [-0.2, -0.15) is 0 Å². The lowest BCUT2D eigenvalue weighted by atomic mass is 10.0. The van der Waals surface area contributed by atoms with Crippen molar-refractivity contribution in [3.05, 3.63) is 41.5 Å². The number of carbonyl (C=O) groups is 1. The van der Waals surface area contributed by atoms with Crippen molar-refractivity contribution in [1.29, 1.82) is 0 Å². The largest absolute Gasteiger partial charge is 0.467 e.